The SMILES string of the molecule is NC(=O)c1oc2ccc(-c3cc(C=C4SC(=S)N(CCc5ccc(C(=O)O)cc5)C4=O)ccc3OCCN3CCOCC3)cc2c1N. The average Bonchev–Trinajstić information content (AvgIpc) is 3.54. The van der Waals surface area contributed by atoms with Crippen LogP contribution in [-0.4, -0.2) is 83.0 Å². The number of carbonyl (C=O) groups is 3. The molecule has 0 unspecified atom stereocenters. The summed E-state index contributed by atoms with van der Waals surface area (Å²) in [4.78, 5) is 40.7. The van der Waals surface area contributed by atoms with Crippen LogP contribution < -0.4 is 16.2 Å². The number of thiocarbonyl (C=S) groups is 1. The maximum atomic E-state index is 13.4. The van der Waals surface area contributed by atoms with Crippen molar-refractivity contribution in [2.24, 2.45) is 5.73 Å². The number of carboxylic acid groups (broad SMARTS) is 1. The Balaban J connectivity index is 1.25. The molecule has 2 saturated heterocycles. The number of hydrogen-bond donors (Lipinski definition) is 3. The highest BCUT2D eigenvalue weighted by atomic mass is 32.2. The molecular formula is C34H32N4O7S2. The highest BCUT2D eigenvalue weighted by Gasteiger charge is 2.31. The van der Waals surface area contributed by atoms with Gasteiger partial charge in [0.2, 0.25) is 5.76 Å². The van der Waals surface area contributed by atoms with Crippen LogP contribution in [0, 0.1) is 0 Å². The molecule has 3 heterocycles. The van der Waals surface area contributed by atoms with Crippen molar-refractivity contribution < 1.29 is 33.4 Å². The minimum atomic E-state index is -0.988. The Morgan fingerprint density at radius 1 is 1.04 bits per heavy atom. The molecule has 0 radical (unpaired) electrons. The number of nitrogens with two attached hydrogens (primary N) is 2. The number of hydrogen-bond acceptors (Lipinski definition) is 10. The number of rotatable bonds is 11. The zero-order valence-electron chi connectivity index (χ0n) is 25.3. The topological polar surface area (TPSA) is 162 Å². The molecule has 0 spiro atoms. The molecule has 0 aliphatic carbocycles. The van der Waals surface area contributed by atoms with E-state index < -0.39 is 11.9 Å². The Morgan fingerprint density at radius 2 is 1.81 bits per heavy atom. The quantitative estimate of drug-likeness (QED) is 0.150. The molecule has 0 saturated carbocycles. The number of nitrogens with zero attached hydrogens (tertiary/aromatic N) is 2. The number of nitrogen functional groups attached to an aromatic ring is 1. The molecule has 0 bridgehead atoms. The van der Waals surface area contributed by atoms with Crippen molar-refractivity contribution in [3.8, 4) is 16.9 Å². The number of aromatic carboxylic acids is 1. The summed E-state index contributed by atoms with van der Waals surface area (Å²) in [5, 5.41) is 9.69. The van der Waals surface area contributed by atoms with Crippen LogP contribution in [0.1, 0.15) is 32.0 Å². The number of benzene rings is 3. The number of thioether (sulfide) groups is 1. The van der Waals surface area contributed by atoms with Crippen LogP contribution in [0.2, 0.25) is 0 Å². The molecule has 2 fully saturated rings. The summed E-state index contributed by atoms with van der Waals surface area (Å²) < 4.78 is 17.8. The molecule has 242 valence electrons. The van der Waals surface area contributed by atoms with E-state index in [-0.39, 0.29) is 22.9 Å². The summed E-state index contributed by atoms with van der Waals surface area (Å²) in [6, 6.07) is 17.7. The van der Waals surface area contributed by atoms with E-state index in [2.05, 4.69) is 4.90 Å². The zero-order valence-corrected chi connectivity index (χ0v) is 26.9. The first-order chi connectivity index (χ1) is 22.7. The van der Waals surface area contributed by atoms with Crippen LogP contribution >= 0.6 is 24.0 Å². The van der Waals surface area contributed by atoms with E-state index in [4.69, 9.17) is 42.7 Å². The van der Waals surface area contributed by atoms with Gasteiger partial charge in [-0.1, -0.05) is 48.2 Å². The van der Waals surface area contributed by atoms with E-state index in [0.717, 1.165) is 41.9 Å². The van der Waals surface area contributed by atoms with Gasteiger partial charge in [-0.2, -0.15) is 0 Å². The van der Waals surface area contributed by atoms with E-state index in [0.29, 0.717) is 58.7 Å². The number of morpholine rings is 1. The fraction of sp³-hybridized carbons (Fsp3) is 0.235. The van der Waals surface area contributed by atoms with Crippen molar-refractivity contribution in [1.82, 2.24) is 9.80 Å². The Morgan fingerprint density at radius 3 is 2.53 bits per heavy atom. The monoisotopic (exact) mass is 672 g/mol. The number of primary amides is 1. The van der Waals surface area contributed by atoms with Crippen molar-refractivity contribution in [1.29, 1.82) is 0 Å². The summed E-state index contributed by atoms with van der Waals surface area (Å²) in [5.41, 5.74) is 15.7. The van der Waals surface area contributed by atoms with Gasteiger partial charge in [0.05, 0.1) is 29.4 Å². The fourth-order valence-electron chi connectivity index (χ4n) is 5.46. The van der Waals surface area contributed by atoms with Gasteiger partial charge in [-0.3, -0.25) is 19.4 Å². The van der Waals surface area contributed by atoms with E-state index in [1.165, 1.54) is 11.8 Å². The van der Waals surface area contributed by atoms with Gasteiger partial charge in [-0.05, 0) is 65.6 Å². The second kappa shape index (κ2) is 14.0. The Kier molecular flexibility index (Phi) is 9.59. The largest absolute Gasteiger partial charge is 0.492 e. The van der Waals surface area contributed by atoms with Crippen molar-refractivity contribution in [2.45, 2.75) is 6.42 Å². The summed E-state index contributed by atoms with van der Waals surface area (Å²) in [6.07, 6.45) is 2.33. The van der Waals surface area contributed by atoms with E-state index >= 15 is 0 Å². The van der Waals surface area contributed by atoms with Gasteiger partial charge in [0.15, 0.2) is 0 Å². The van der Waals surface area contributed by atoms with Crippen LogP contribution in [0.3, 0.4) is 0 Å². The van der Waals surface area contributed by atoms with Crippen LogP contribution in [0.5, 0.6) is 5.75 Å². The number of carbonyl (C=O) groups excluding carboxylic acids is 2. The third kappa shape index (κ3) is 7.18. The Hall–Kier alpha value is -4.69. The van der Waals surface area contributed by atoms with Crippen LogP contribution in [0.25, 0.3) is 28.2 Å². The maximum Gasteiger partial charge on any atom is 0.335 e. The average molecular weight is 673 g/mol. The summed E-state index contributed by atoms with van der Waals surface area (Å²) in [6.45, 7) is 4.68. The zero-order chi connectivity index (χ0) is 33.1. The molecule has 0 atom stereocenters. The summed E-state index contributed by atoms with van der Waals surface area (Å²) in [7, 11) is 0. The second-order valence-electron chi connectivity index (χ2n) is 11.1. The Labute approximate surface area is 280 Å². The third-order valence-electron chi connectivity index (χ3n) is 8.03. The lowest BCUT2D eigenvalue weighted by Crippen LogP contribution is -2.38. The molecule has 47 heavy (non-hydrogen) atoms. The van der Waals surface area contributed by atoms with Crippen LogP contribution in [0.15, 0.2) is 70.0 Å². The number of fused-ring (bicyclic) bond motifs is 1. The molecule has 6 rings (SSSR count). The molecule has 4 aromatic rings. The van der Waals surface area contributed by atoms with E-state index in [1.54, 1.807) is 41.3 Å². The van der Waals surface area contributed by atoms with Gasteiger partial charge < -0.3 is 30.5 Å². The minimum absolute atomic E-state index is 0.0906. The molecule has 2 aliphatic heterocycles. The molecule has 13 heteroatoms. The first-order valence-corrected chi connectivity index (χ1v) is 16.2. The number of carboxylic acids is 1. The van der Waals surface area contributed by atoms with Crippen molar-refractivity contribution >= 4 is 68.8 Å². The molecule has 2 aliphatic rings. The first-order valence-electron chi connectivity index (χ1n) is 14.9. The lowest BCUT2D eigenvalue weighted by molar-refractivity contribution is -0.122. The first kappa shape index (κ1) is 32.3. The second-order valence-corrected chi connectivity index (χ2v) is 12.7. The number of furan rings is 1. The number of ether oxygens (including phenoxy) is 2. The summed E-state index contributed by atoms with van der Waals surface area (Å²) >= 11 is 6.78. The van der Waals surface area contributed by atoms with E-state index in [1.807, 2.05) is 30.3 Å². The predicted molar refractivity (Wildman–Crippen MR) is 184 cm³/mol. The van der Waals surface area contributed by atoms with Gasteiger partial charge in [0.1, 0.15) is 22.3 Å². The van der Waals surface area contributed by atoms with Crippen molar-refractivity contribution in [2.75, 3.05) is 51.7 Å². The van der Waals surface area contributed by atoms with Gasteiger partial charge in [0.25, 0.3) is 11.8 Å². The predicted octanol–water partition coefficient (Wildman–Crippen LogP) is 4.63. The third-order valence-corrected chi connectivity index (χ3v) is 9.41. The highest BCUT2D eigenvalue weighted by molar-refractivity contribution is 8.26. The highest BCUT2D eigenvalue weighted by Crippen LogP contribution is 2.38. The van der Waals surface area contributed by atoms with Crippen molar-refractivity contribution in [3.63, 3.8) is 0 Å². The van der Waals surface area contributed by atoms with Gasteiger partial charge in [-0.15, -0.1) is 0 Å². The van der Waals surface area contributed by atoms with E-state index in [9.17, 15) is 14.4 Å². The smallest absolute Gasteiger partial charge is 0.335 e. The van der Waals surface area contributed by atoms with Gasteiger partial charge in [-0.25, -0.2) is 4.79 Å². The number of anilines is 1. The Bertz CT molecular complexity index is 1900. The molecule has 2 amide bonds. The number of amides is 2. The van der Waals surface area contributed by atoms with Gasteiger partial charge in [0, 0.05) is 37.1 Å². The molecule has 1 aromatic heterocycles. The van der Waals surface area contributed by atoms with Crippen molar-refractivity contribution in [3.05, 3.63) is 88.0 Å². The fourth-order valence-corrected chi connectivity index (χ4v) is 6.77. The maximum absolute atomic E-state index is 13.4. The summed E-state index contributed by atoms with van der Waals surface area (Å²) in [5.74, 6) is -1.37. The lowest BCUT2D eigenvalue weighted by atomic mass is 10.00. The van der Waals surface area contributed by atoms with Gasteiger partial charge >= 0.3 is 5.97 Å². The molecule has 11 nitrogen and oxygen atoms in total. The standard InChI is InChI=1S/C34H32N4O7S2/c35-29-25-19-23(6-8-27(25)45-30(29)31(36)39)24-17-21(3-7-26(24)44-16-13-37-11-14-43-15-12-37)18-28-32(40)38(34(46)47-28)10-9-20-1-4-22(5-2-20)33(41)42/h1-8,17-19H,9-16,35H2,(H2,36,39)(H,41,42). The minimum Gasteiger partial charge on any atom is -0.492 e. The normalized spacial score (nSPS) is 16.3. The molecule has 5 N–H and O–H groups in total. The van der Waals surface area contributed by atoms with Crippen LogP contribution in [-0.2, 0) is 16.0 Å². The lowest BCUT2D eigenvalue weighted by Gasteiger charge is -2.26. The molecule has 3 aromatic carbocycles. The van der Waals surface area contributed by atoms with Crippen LogP contribution in [0.4, 0.5) is 5.69 Å². The molecular weight excluding hydrogens is 641 g/mol.